The van der Waals surface area contributed by atoms with Crippen LogP contribution in [0.5, 0.6) is 0 Å². The summed E-state index contributed by atoms with van der Waals surface area (Å²) in [6.45, 7) is 3.01. The topological polar surface area (TPSA) is 88.1 Å². The van der Waals surface area contributed by atoms with Crippen molar-refractivity contribution in [3.8, 4) is 0 Å². The van der Waals surface area contributed by atoms with E-state index in [4.69, 9.17) is 0 Å². The molecule has 3 aromatic rings. The van der Waals surface area contributed by atoms with E-state index in [9.17, 15) is 14.4 Å². The van der Waals surface area contributed by atoms with Gasteiger partial charge in [0.25, 0.3) is 11.5 Å². The standard InChI is InChI=1S/C21H22N4O3/c1-13-11-16(17-18(22-13)24(2)21(28)23-19(17)26)20(27)25-10-6-9-15(12-25)14-7-4-3-5-8-14/h3-5,7-8,11,15H,6,9-10,12H2,1-2H3,(H,23,26,28)/t15-/m1/s1. The van der Waals surface area contributed by atoms with E-state index < -0.39 is 11.2 Å². The van der Waals surface area contributed by atoms with E-state index >= 15 is 0 Å². The average molecular weight is 378 g/mol. The summed E-state index contributed by atoms with van der Waals surface area (Å²) in [5.74, 6) is 0.0796. The molecule has 1 saturated heterocycles. The van der Waals surface area contributed by atoms with Crippen molar-refractivity contribution in [1.29, 1.82) is 0 Å². The zero-order valence-electron chi connectivity index (χ0n) is 15.9. The predicted molar refractivity (Wildman–Crippen MR) is 107 cm³/mol. The van der Waals surface area contributed by atoms with Crippen molar-refractivity contribution in [3.05, 3.63) is 74.1 Å². The Morgan fingerprint density at radius 2 is 1.96 bits per heavy atom. The number of likely N-dealkylation sites (tertiary alicyclic amines) is 1. The quantitative estimate of drug-likeness (QED) is 0.738. The van der Waals surface area contributed by atoms with E-state index in [0.717, 1.165) is 12.8 Å². The van der Waals surface area contributed by atoms with Gasteiger partial charge in [0.2, 0.25) is 0 Å². The van der Waals surface area contributed by atoms with E-state index in [1.165, 1.54) is 17.2 Å². The fourth-order valence-electron chi connectivity index (χ4n) is 3.96. The number of aromatic nitrogens is 3. The van der Waals surface area contributed by atoms with Crippen molar-refractivity contribution in [3.63, 3.8) is 0 Å². The van der Waals surface area contributed by atoms with E-state index in [1.807, 2.05) is 18.2 Å². The lowest BCUT2D eigenvalue weighted by Gasteiger charge is -2.33. The minimum absolute atomic E-state index is 0.166. The molecule has 0 saturated carbocycles. The summed E-state index contributed by atoms with van der Waals surface area (Å²) < 4.78 is 1.27. The Morgan fingerprint density at radius 3 is 2.71 bits per heavy atom. The fraction of sp³-hybridized carbons (Fsp3) is 0.333. The summed E-state index contributed by atoms with van der Waals surface area (Å²) in [5, 5.41) is 0.166. The van der Waals surface area contributed by atoms with Gasteiger partial charge in [-0.15, -0.1) is 0 Å². The van der Waals surface area contributed by atoms with Gasteiger partial charge in [0.05, 0.1) is 10.9 Å². The predicted octanol–water partition coefficient (Wildman–Crippen LogP) is 1.95. The van der Waals surface area contributed by atoms with Gasteiger partial charge in [0.15, 0.2) is 0 Å². The summed E-state index contributed by atoms with van der Waals surface area (Å²) in [6.07, 6.45) is 1.93. The lowest BCUT2D eigenvalue weighted by molar-refractivity contribution is 0.0709. The average Bonchev–Trinajstić information content (AvgIpc) is 2.71. The van der Waals surface area contributed by atoms with E-state index in [1.54, 1.807) is 17.9 Å². The Labute approximate surface area is 161 Å². The van der Waals surface area contributed by atoms with Crippen LogP contribution in [0, 0.1) is 6.92 Å². The van der Waals surface area contributed by atoms with Crippen molar-refractivity contribution in [2.45, 2.75) is 25.7 Å². The molecule has 1 fully saturated rings. The van der Waals surface area contributed by atoms with Crippen LogP contribution in [0.3, 0.4) is 0 Å². The molecule has 0 aliphatic carbocycles. The molecule has 0 radical (unpaired) electrons. The first-order valence-electron chi connectivity index (χ1n) is 9.40. The molecule has 2 aromatic heterocycles. The molecule has 1 aliphatic heterocycles. The normalized spacial score (nSPS) is 17.1. The summed E-state index contributed by atoms with van der Waals surface area (Å²) in [5.41, 5.74) is 1.22. The van der Waals surface area contributed by atoms with E-state index in [-0.39, 0.29) is 22.9 Å². The number of H-pyrrole nitrogens is 1. The van der Waals surface area contributed by atoms with E-state index in [0.29, 0.717) is 24.3 Å². The van der Waals surface area contributed by atoms with Gasteiger partial charge in [-0.3, -0.25) is 19.1 Å². The van der Waals surface area contributed by atoms with Gasteiger partial charge < -0.3 is 4.90 Å². The van der Waals surface area contributed by atoms with Crippen LogP contribution in [-0.2, 0) is 7.05 Å². The third-order valence-electron chi connectivity index (χ3n) is 5.41. The SMILES string of the molecule is Cc1cc(C(=O)N2CCC[C@@H](c3ccccc3)C2)c2c(=O)[nH]c(=O)n(C)c2n1. The number of pyridine rings is 1. The number of nitrogens with zero attached hydrogens (tertiary/aromatic N) is 3. The Balaban J connectivity index is 1.76. The number of rotatable bonds is 2. The Morgan fingerprint density at radius 1 is 1.21 bits per heavy atom. The highest BCUT2D eigenvalue weighted by atomic mass is 16.2. The zero-order valence-corrected chi connectivity index (χ0v) is 15.9. The molecule has 7 nitrogen and oxygen atoms in total. The molecule has 0 bridgehead atoms. The number of hydrogen-bond acceptors (Lipinski definition) is 4. The molecule has 0 unspecified atom stereocenters. The molecule has 4 rings (SSSR count). The summed E-state index contributed by atoms with van der Waals surface area (Å²) in [6, 6.07) is 11.8. The second-order valence-electron chi connectivity index (χ2n) is 7.33. The highest BCUT2D eigenvalue weighted by Gasteiger charge is 2.28. The molecule has 1 aliphatic rings. The van der Waals surface area contributed by atoms with Crippen LogP contribution >= 0.6 is 0 Å². The first-order chi connectivity index (χ1) is 13.5. The Bertz CT molecular complexity index is 1160. The van der Waals surface area contributed by atoms with Gasteiger partial charge in [-0.25, -0.2) is 9.78 Å². The first-order valence-corrected chi connectivity index (χ1v) is 9.40. The maximum atomic E-state index is 13.3. The molecule has 1 amide bonds. The third-order valence-corrected chi connectivity index (χ3v) is 5.41. The third kappa shape index (κ3) is 3.13. The van der Waals surface area contributed by atoms with Crippen LogP contribution in [0.15, 0.2) is 46.0 Å². The second kappa shape index (κ2) is 7.07. The van der Waals surface area contributed by atoms with Gasteiger partial charge in [-0.1, -0.05) is 30.3 Å². The fourth-order valence-corrected chi connectivity index (χ4v) is 3.96. The molecule has 0 spiro atoms. The van der Waals surface area contributed by atoms with Crippen molar-refractivity contribution in [2.75, 3.05) is 13.1 Å². The van der Waals surface area contributed by atoms with Crippen LogP contribution in [0.25, 0.3) is 11.0 Å². The highest BCUT2D eigenvalue weighted by Crippen LogP contribution is 2.28. The minimum atomic E-state index is -0.578. The van der Waals surface area contributed by atoms with Gasteiger partial charge in [0, 0.05) is 31.7 Å². The van der Waals surface area contributed by atoms with Crippen LogP contribution in [0.1, 0.15) is 40.4 Å². The number of hydrogen-bond donors (Lipinski definition) is 1. The summed E-state index contributed by atoms with van der Waals surface area (Å²) in [7, 11) is 1.54. The van der Waals surface area contributed by atoms with Gasteiger partial charge in [-0.05, 0) is 31.4 Å². The van der Waals surface area contributed by atoms with Crippen LogP contribution in [0.4, 0.5) is 0 Å². The summed E-state index contributed by atoms with van der Waals surface area (Å²) >= 11 is 0. The molecule has 1 atom stereocenters. The Hall–Kier alpha value is -3.22. The number of carbonyl (C=O) groups excluding carboxylic acids is 1. The minimum Gasteiger partial charge on any atom is -0.338 e. The number of carbonyl (C=O) groups is 1. The number of aromatic amines is 1. The van der Waals surface area contributed by atoms with Crippen molar-refractivity contribution >= 4 is 16.9 Å². The van der Waals surface area contributed by atoms with Gasteiger partial charge in [-0.2, -0.15) is 0 Å². The smallest absolute Gasteiger partial charge is 0.329 e. The van der Waals surface area contributed by atoms with Crippen LogP contribution < -0.4 is 11.2 Å². The molecular formula is C21H22N4O3. The van der Waals surface area contributed by atoms with Crippen molar-refractivity contribution < 1.29 is 4.79 Å². The van der Waals surface area contributed by atoms with Crippen molar-refractivity contribution in [2.24, 2.45) is 7.05 Å². The number of benzene rings is 1. The maximum absolute atomic E-state index is 13.3. The molecular weight excluding hydrogens is 356 g/mol. The zero-order chi connectivity index (χ0) is 19.8. The molecule has 1 aromatic carbocycles. The number of aryl methyl sites for hydroxylation is 2. The number of nitrogens with one attached hydrogen (secondary N) is 1. The molecule has 28 heavy (non-hydrogen) atoms. The second-order valence-corrected chi connectivity index (χ2v) is 7.33. The van der Waals surface area contributed by atoms with Gasteiger partial charge >= 0.3 is 5.69 Å². The van der Waals surface area contributed by atoms with Gasteiger partial charge in [0.1, 0.15) is 5.65 Å². The highest BCUT2D eigenvalue weighted by molar-refractivity contribution is 6.05. The maximum Gasteiger partial charge on any atom is 0.329 e. The van der Waals surface area contributed by atoms with Crippen LogP contribution in [0.2, 0.25) is 0 Å². The lowest BCUT2D eigenvalue weighted by Crippen LogP contribution is -2.40. The van der Waals surface area contributed by atoms with Crippen molar-refractivity contribution in [1.82, 2.24) is 19.4 Å². The molecule has 144 valence electrons. The molecule has 3 heterocycles. The molecule has 7 heteroatoms. The molecule has 1 N–H and O–H groups in total. The largest absolute Gasteiger partial charge is 0.338 e. The first kappa shape index (κ1) is 18.2. The van der Waals surface area contributed by atoms with E-state index in [2.05, 4.69) is 22.1 Å². The monoisotopic (exact) mass is 378 g/mol. The van der Waals surface area contributed by atoms with Crippen LogP contribution in [-0.4, -0.2) is 38.4 Å². The lowest BCUT2D eigenvalue weighted by atomic mass is 9.90. The summed E-state index contributed by atoms with van der Waals surface area (Å²) in [4.78, 5) is 46.1. The number of piperidine rings is 1. The Kier molecular flexibility index (Phi) is 4.58. The number of fused-ring (bicyclic) bond motifs is 1. The number of amides is 1.